The van der Waals surface area contributed by atoms with E-state index in [-0.39, 0.29) is 11.0 Å². The Bertz CT molecular complexity index is 1160. The van der Waals surface area contributed by atoms with E-state index < -0.39 is 28.4 Å². The summed E-state index contributed by atoms with van der Waals surface area (Å²) in [6, 6.07) is 4.73. The van der Waals surface area contributed by atoms with Crippen LogP contribution in [0.3, 0.4) is 0 Å². The van der Waals surface area contributed by atoms with E-state index in [4.69, 9.17) is 0 Å². The van der Waals surface area contributed by atoms with E-state index >= 15 is 0 Å². The summed E-state index contributed by atoms with van der Waals surface area (Å²) in [6.07, 6.45) is -4.14. The lowest BCUT2D eigenvalue weighted by Crippen LogP contribution is -2.45. The van der Waals surface area contributed by atoms with E-state index in [1.54, 1.807) is 16.7 Å². The van der Waals surface area contributed by atoms with Crippen LogP contribution in [0, 0.1) is 0 Å². The van der Waals surface area contributed by atoms with Crippen molar-refractivity contribution in [1.82, 2.24) is 9.13 Å². The van der Waals surface area contributed by atoms with Crippen LogP contribution >= 0.6 is 0 Å². The van der Waals surface area contributed by atoms with Crippen LogP contribution in [0.5, 0.6) is 0 Å². The molecule has 4 rings (SSSR count). The molecule has 0 atom stereocenters. The normalized spacial score (nSPS) is 14.0. The molecule has 0 bridgehead atoms. The molecule has 0 radical (unpaired) electrons. The largest absolute Gasteiger partial charge is 0.418 e. The van der Waals surface area contributed by atoms with Crippen molar-refractivity contribution in [3.63, 3.8) is 0 Å². The molecular formula is C16H13F3N3O2+. The monoisotopic (exact) mass is 336 g/mol. The molecule has 0 saturated carbocycles. The van der Waals surface area contributed by atoms with Gasteiger partial charge in [0.05, 0.1) is 19.2 Å². The van der Waals surface area contributed by atoms with Crippen molar-refractivity contribution < 1.29 is 17.7 Å². The molecule has 2 aromatic heterocycles. The number of pyridine rings is 1. The highest BCUT2D eigenvalue weighted by Gasteiger charge is 2.41. The average molecular weight is 336 g/mol. The van der Waals surface area contributed by atoms with Gasteiger partial charge in [-0.25, -0.2) is 13.9 Å². The van der Waals surface area contributed by atoms with Crippen molar-refractivity contribution in [3.05, 3.63) is 50.2 Å². The number of benzene rings is 1. The predicted octanol–water partition coefficient (Wildman–Crippen LogP) is 1.25. The van der Waals surface area contributed by atoms with Crippen LogP contribution in [-0.2, 0) is 33.2 Å². The third-order valence-electron chi connectivity index (χ3n) is 4.69. The molecule has 3 aromatic rings. The van der Waals surface area contributed by atoms with E-state index in [1.165, 1.54) is 20.2 Å². The van der Waals surface area contributed by atoms with Gasteiger partial charge < -0.3 is 0 Å². The van der Waals surface area contributed by atoms with Crippen LogP contribution in [0.4, 0.5) is 13.2 Å². The zero-order valence-corrected chi connectivity index (χ0v) is 12.9. The highest BCUT2D eigenvalue weighted by molar-refractivity contribution is 5.94. The highest BCUT2D eigenvalue weighted by Crippen LogP contribution is 2.38. The number of aromatic nitrogens is 3. The Balaban J connectivity index is 2.48. The van der Waals surface area contributed by atoms with Crippen molar-refractivity contribution in [2.24, 2.45) is 14.1 Å². The van der Waals surface area contributed by atoms with E-state index in [2.05, 4.69) is 0 Å². The first-order valence-electron chi connectivity index (χ1n) is 7.38. The number of hydrogen-bond acceptors (Lipinski definition) is 2. The lowest BCUT2D eigenvalue weighted by molar-refractivity contribution is -0.640. The number of fused-ring (bicyclic) bond motifs is 2. The van der Waals surface area contributed by atoms with Gasteiger partial charge in [0.15, 0.2) is 0 Å². The van der Waals surface area contributed by atoms with Gasteiger partial charge in [-0.05, 0) is 0 Å². The molecule has 0 saturated heterocycles. The highest BCUT2D eigenvalue weighted by atomic mass is 19.4. The third kappa shape index (κ3) is 1.68. The molecule has 0 fully saturated rings. The van der Waals surface area contributed by atoms with Crippen LogP contribution in [0.1, 0.15) is 11.1 Å². The molecule has 1 aliphatic heterocycles. The van der Waals surface area contributed by atoms with Gasteiger partial charge in [0, 0.05) is 24.4 Å². The Labute approximate surface area is 133 Å². The lowest BCUT2D eigenvalue weighted by Gasteiger charge is -2.14. The minimum absolute atomic E-state index is 0.000693. The average Bonchev–Trinajstić information content (AvgIpc) is 2.95. The smallest absolute Gasteiger partial charge is 0.268 e. The fourth-order valence-corrected chi connectivity index (χ4v) is 3.67. The molecule has 1 aromatic carbocycles. The number of aryl methyl sites for hydroxylation is 3. The van der Waals surface area contributed by atoms with Gasteiger partial charge in [-0.15, -0.1) is 0 Å². The minimum atomic E-state index is -4.71. The van der Waals surface area contributed by atoms with Crippen molar-refractivity contribution in [2.75, 3.05) is 0 Å². The number of hydrogen-bond donors (Lipinski definition) is 0. The second-order valence-corrected chi connectivity index (χ2v) is 5.99. The van der Waals surface area contributed by atoms with Gasteiger partial charge in [0.25, 0.3) is 11.2 Å². The van der Waals surface area contributed by atoms with Gasteiger partial charge in [-0.2, -0.15) is 17.7 Å². The maximum Gasteiger partial charge on any atom is 0.418 e. The quantitative estimate of drug-likeness (QED) is 0.458. The zero-order chi connectivity index (χ0) is 17.4. The van der Waals surface area contributed by atoms with Crippen LogP contribution in [-0.4, -0.2) is 9.13 Å². The Kier molecular flexibility index (Phi) is 2.77. The summed E-state index contributed by atoms with van der Waals surface area (Å²) < 4.78 is 45.0. The number of nitrogens with zero attached hydrogens (tertiary/aromatic N) is 3. The summed E-state index contributed by atoms with van der Waals surface area (Å²) in [5.74, 6) is 0. The van der Waals surface area contributed by atoms with E-state index in [1.807, 2.05) is 0 Å². The summed E-state index contributed by atoms with van der Waals surface area (Å²) >= 11 is 0. The Hall–Kier alpha value is -2.64. The van der Waals surface area contributed by atoms with Gasteiger partial charge >= 0.3 is 11.9 Å². The molecule has 5 nitrogen and oxygen atoms in total. The molecular weight excluding hydrogens is 323 g/mol. The second kappa shape index (κ2) is 4.46. The molecule has 0 N–H and O–H groups in total. The van der Waals surface area contributed by atoms with Crippen molar-refractivity contribution in [3.8, 4) is 0 Å². The van der Waals surface area contributed by atoms with E-state index in [9.17, 15) is 22.8 Å². The molecule has 3 heterocycles. The molecule has 8 heteroatoms. The summed E-state index contributed by atoms with van der Waals surface area (Å²) in [5, 5.41) is -0.459. The van der Waals surface area contributed by atoms with Gasteiger partial charge in [0.1, 0.15) is 10.9 Å². The van der Waals surface area contributed by atoms with Crippen molar-refractivity contribution in [2.45, 2.75) is 19.1 Å². The van der Waals surface area contributed by atoms with Crippen molar-refractivity contribution in [1.29, 1.82) is 0 Å². The Morgan fingerprint density at radius 3 is 2.50 bits per heavy atom. The first-order valence-corrected chi connectivity index (χ1v) is 7.38. The predicted molar refractivity (Wildman–Crippen MR) is 80.8 cm³/mol. The van der Waals surface area contributed by atoms with Crippen LogP contribution in [0.2, 0.25) is 0 Å². The SMILES string of the molecule is Cn1c(=O)c2c(C(F)(F)F)c3cccc4c3[n+](c2n(C)c1=O)CC4. The lowest BCUT2D eigenvalue weighted by atomic mass is 10.0. The molecule has 0 aliphatic carbocycles. The van der Waals surface area contributed by atoms with Gasteiger partial charge in [-0.1, -0.05) is 18.2 Å². The maximum absolute atomic E-state index is 13.8. The molecule has 124 valence electrons. The summed E-state index contributed by atoms with van der Waals surface area (Å²) in [5.41, 5.74) is -1.29. The summed E-state index contributed by atoms with van der Waals surface area (Å²) in [6.45, 7) is 0.435. The van der Waals surface area contributed by atoms with Crippen LogP contribution in [0.25, 0.3) is 21.9 Å². The Morgan fingerprint density at radius 2 is 1.83 bits per heavy atom. The van der Waals surface area contributed by atoms with Crippen molar-refractivity contribution >= 4 is 21.9 Å². The number of alkyl halides is 3. The van der Waals surface area contributed by atoms with E-state index in [0.29, 0.717) is 18.5 Å². The zero-order valence-electron chi connectivity index (χ0n) is 12.9. The fraction of sp³-hybridized carbons (Fsp3) is 0.312. The first kappa shape index (κ1) is 14.9. The number of para-hydroxylation sites is 1. The molecule has 0 spiro atoms. The first-order chi connectivity index (χ1) is 11.2. The van der Waals surface area contributed by atoms with Crippen LogP contribution in [0.15, 0.2) is 27.8 Å². The van der Waals surface area contributed by atoms with Crippen LogP contribution < -0.4 is 15.8 Å². The third-order valence-corrected chi connectivity index (χ3v) is 4.69. The number of halogens is 3. The fourth-order valence-electron chi connectivity index (χ4n) is 3.67. The maximum atomic E-state index is 13.8. The Morgan fingerprint density at radius 1 is 1.12 bits per heavy atom. The number of rotatable bonds is 0. The van der Waals surface area contributed by atoms with Gasteiger partial charge in [-0.3, -0.25) is 4.79 Å². The summed E-state index contributed by atoms with van der Waals surface area (Å²) in [4.78, 5) is 24.8. The minimum Gasteiger partial charge on any atom is -0.268 e. The van der Waals surface area contributed by atoms with E-state index in [0.717, 1.165) is 14.7 Å². The molecule has 0 unspecified atom stereocenters. The second-order valence-electron chi connectivity index (χ2n) is 5.99. The summed E-state index contributed by atoms with van der Waals surface area (Å²) in [7, 11) is 2.58. The molecule has 1 aliphatic rings. The topological polar surface area (TPSA) is 47.9 Å². The molecule has 24 heavy (non-hydrogen) atoms. The standard InChI is InChI=1S/C16H13F3N3O2/c1-20-13-10(14(23)21(2)15(20)24)11(16(17,18)19)9-5-3-4-8-6-7-22(13)12(8)9/h3-5H,6-7H2,1-2H3/q+1. The molecule has 0 amide bonds. The van der Waals surface area contributed by atoms with Gasteiger partial charge in [0.2, 0.25) is 0 Å².